The van der Waals surface area contributed by atoms with Crippen LogP contribution in [0.2, 0.25) is 0 Å². The van der Waals surface area contributed by atoms with Crippen LogP contribution in [0.15, 0.2) is 18.2 Å². The van der Waals surface area contributed by atoms with E-state index in [4.69, 9.17) is 9.47 Å². The number of fused-ring (bicyclic) bond motifs is 1. The Morgan fingerprint density at radius 2 is 1.97 bits per heavy atom. The average Bonchev–Trinajstić information content (AvgIpc) is 3.11. The number of hydrogen-bond donors (Lipinski definition) is 2. The van der Waals surface area contributed by atoms with Crippen LogP contribution < -0.4 is 10.6 Å². The third kappa shape index (κ3) is 6.74. The third-order valence-electron chi connectivity index (χ3n) is 6.84. The molecule has 0 radical (unpaired) electrons. The van der Waals surface area contributed by atoms with Crippen LogP contribution in [0.4, 0.5) is 10.5 Å². The van der Waals surface area contributed by atoms with Gasteiger partial charge in [-0.25, -0.2) is 4.79 Å². The Morgan fingerprint density at radius 3 is 2.69 bits per heavy atom. The number of rotatable bonds is 8. The number of amides is 5. The monoisotopic (exact) mass is 543 g/mol. The van der Waals surface area contributed by atoms with Crippen molar-refractivity contribution in [2.75, 3.05) is 51.7 Å². The largest absolute Gasteiger partial charge is 0.444 e. The predicted octanol–water partition coefficient (Wildman–Crippen LogP) is 1.46. The van der Waals surface area contributed by atoms with Crippen LogP contribution in [0.1, 0.15) is 60.7 Å². The molecule has 3 aliphatic heterocycles. The van der Waals surface area contributed by atoms with Gasteiger partial charge in [0.05, 0.1) is 30.4 Å². The fourth-order valence-electron chi connectivity index (χ4n) is 5.00. The SMILES string of the molecule is CN(C[C@@H]1CN(CCCNc2cccc3c2C(=O)N(C2CCC(=O)NC2=O)C3=O)CCO1)C(=O)OC(C)(C)C. The molecule has 0 aliphatic carbocycles. The molecule has 12 nitrogen and oxygen atoms in total. The summed E-state index contributed by atoms with van der Waals surface area (Å²) in [5.41, 5.74) is 0.487. The summed E-state index contributed by atoms with van der Waals surface area (Å²) < 4.78 is 11.3. The number of piperidine rings is 1. The second-order valence-electron chi connectivity index (χ2n) is 11.1. The maximum absolute atomic E-state index is 13.2. The van der Waals surface area contributed by atoms with E-state index in [0.717, 1.165) is 24.4 Å². The average molecular weight is 544 g/mol. The van der Waals surface area contributed by atoms with Gasteiger partial charge in [-0.1, -0.05) is 6.07 Å². The van der Waals surface area contributed by atoms with E-state index in [2.05, 4.69) is 15.5 Å². The lowest BCUT2D eigenvalue weighted by molar-refractivity contribution is -0.136. The van der Waals surface area contributed by atoms with Gasteiger partial charge in [-0.15, -0.1) is 0 Å². The van der Waals surface area contributed by atoms with Crippen LogP contribution in [0.3, 0.4) is 0 Å². The molecule has 0 aromatic heterocycles. The van der Waals surface area contributed by atoms with Crippen molar-refractivity contribution in [3.63, 3.8) is 0 Å². The number of ether oxygens (including phenoxy) is 2. The molecule has 1 aromatic rings. The summed E-state index contributed by atoms with van der Waals surface area (Å²) in [4.78, 5) is 67.1. The lowest BCUT2D eigenvalue weighted by atomic mass is 10.0. The van der Waals surface area contributed by atoms with E-state index >= 15 is 0 Å². The molecule has 3 aliphatic rings. The van der Waals surface area contributed by atoms with E-state index in [1.54, 1.807) is 25.2 Å². The van der Waals surface area contributed by atoms with E-state index < -0.39 is 35.3 Å². The number of carbonyl (C=O) groups is 5. The van der Waals surface area contributed by atoms with Crippen molar-refractivity contribution in [2.45, 2.75) is 57.8 Å². The molecule has 212 valence electrons. The fourth-order valence-corrected chi connectivity index (χ4v) is 5.00. The minimum atomic E-state index is -0.994. The molecule has 39 heavy (non-hydrogen) atoms. The molecule has 2 saturated heterocycles. The fraction of sp³-hybridized carbons (Fsp3) is 0.593. The van der Waals surface area contributed by atoms with E-state index in [-0.39, 0.29) is 36.2 Å². The Labute approximate surface area is 227 Å². The Bertz CT molecular complexity index is 1150. The maximum atomic E-state index is 13.2. The number of carbonyl (C=O) groups excluding carboxylic acids is 5. The molecule has 5 amide bonds. The van der Waals surface area contributed by atoms with Gasteiger partial charge in [0.2, 0.25) is 11.8 Å². The summed E-state index contributed by atoms with van der Waals surface area (Å²) in [5, 5.41) is 5.49. The number of imide groups is 2. The first-order valence-corrected chi connectivity index (χ1v) is 13.3. The number of hydrogen-bond acceptors (Lipinski definition) is 9. The van der Waals surface area contributed by atoms with Crippen molar-refractivity contribution in [1.29, 1.82) is 0 Å². The molecule has 12 heteroatoms. The number of benzene rings is 1. The zero-order chi connectivity index (χ0) is 28.3. The standard InChI is InChI=1S/C27H37N5O7/c1-27(2,3)39-26(37)30(4)15-17-16-31(13-14-38-17)12-6-11-28-19-8-5-7-18-22(19)25(36)32(24(18)35)20-9-10-21(33)29-23(20)34/h5,7-8,17,20,28H,6,9-16H2,1-4H3,(H,29,33,34)/t17-,20?/m1/s1. The summed E-state index contributed by atoms with van der Waals surface area (Å²) in [6.07, 6.45) is 0.467. The van der Waals surface area contributed by atoms with Crippen LogP contribution in [0, 0.1) is 0 Å². The minimum Gasteiger partial charge on any atom is -0.444 e. The highest BCUT2D eigenvalue weighted by molar-refractivity contribution is 6.25. The van der Waals surface area contributed by atoms with Gasteiger partial charge in [0.25, 0.3) is 11.8 Å². The summed E-state index contributed by atoms with van der Waals surface area (Å²) in [5.74, 6) is -2.09. The summed E-state index contributed by atoms with van der Waals surface area (Å²) in [6.45, 7) is 9.30. The summed E-state index contributed by atoms with van der Waals surface area (Å²) in [7, 11) is 1.70. The predicted molar refractivity (Wildman–Crippen MR) is 141 cm³/mol. The number of likely N-dealkylation sites (N-methyl/N-ethyl adjacent to an activating group) is 1. The first-order chi connectivity index (χ1) is 18.4. The number of nitrogens with zero attached hydrogens (tertiary/aromatic N) is 3. The molecular formula is C27H37N5O7. The highest BCUT2D eigenvalue weighted by Gasteiger charge is 2.45. The third-order valence-corrected chi connectivity index (χ3v) is 6.84. The van der Waals surface area contributed by atoms with Gasteiger partial charge in [0, 0.05) is 45.3 Å². The normalized spacial score (nSPS) is 22.0. The van der Waals surface area contributed by atoms with E-state index in [1.807, 2.05) is 20.8 Å². The first-order valence-electron chi connectivity index (χ1n) is 13.3. The molecule has 4 rings (SSSR count). The highest BCUT2D eigenvalue weighted by Crippen LogP contribution is 2.32. The lowest BCUT2D eigenvalue weighted by Gasteiger charge is -2.35. The second kappa shape index (κ2) is 11.7. The molecule has 1 unspecified atom stereocenters. The molecular weight excluding hydrogens is 506 g/mol. The van der Waals surface area contributed by atoms with Gasteiger partial charge in [-0.3, -0.25) is 34.3 Å². The molecule has 0 bridgehead atoms. The van der Waals surface area contributed by atoms with Crippen LogP contribution in [0.5, 0.6) is 0 Å². The Balaban J connectivity index is 1.28. The molecule has 1 aromatic carbocycles. The van der Waals surface area contributed by atoms with Crippen LogP contribution in [-0.2, 0) is 19.1 Å². The van der Waals surface area contributed by atoms with Crippen molar-refractivity contribution >= 4 is 35.4 Å². The van der Waals surface area contributed by atoms with Crippen LogP contribution in [-0.4, -0.2) is 109 Å². The zero-order valence-electron chi connectivity index (χ0n) is 23.0. The van der Waals surface area contributed by atoms with Crippen molar-refractivity contribution in [1.82, 2.24) is 20.0 Å². The minimum absolute atomic E-state index is 0.0780. The lowest BCUT2D eigenvalue weighted by Crippen LogP contribution is -2.54. The summed E-state index contributed by atoms with van der Waals surface area (Å²) in [6, 6.07) is 4.03. The first kappa shape index (κ1) is 28.5. The second-order valence-corrected chi connectivity index (χ2v) is 11.1. The zero-order valence-corrected chi connectivity index (χ0v) is 23.0. The van der Waals surface area contributed by atoms with Crippen molar-refractivity contribution < 1.29 is 33.4 Å². The molecule has 0 spiro atoms. The maximum Gasteiger partial charge on any atom is 0.410 e. The topological polar surface area (TPSA) is 138 Å². The Kier molecular flexibility index (Phi) is 8.55. The quantitative estimate of drug-likeness (QED) is 0.369. The van der Waals surface area contributed by atoms with Gasteiger partial charge in [-0.05, 0) is 45.7 Å². The molecule has 3 heterocycles. The Morgan fingerprint density at radius 1 is 1.21 bits per heavy atom. The number of nitrogens with one attached hydrogen (secondary N) is 2. The number of anilines is 1. The Hall–Kier alpha value is -3.51. The number of morpholine rings is 1. The van der Waals surface area contributed by atoms with Gasteiger partial charge in [0.15, 0.2) is 0 Å². The van der Waals surface area contributed by atoms with Gasteiger partial charge < -0.3 is 19.7 Å². The van der Waals surface area contributed by atoms with Crippen molar-refractivity contribution in [2.24, 2.45) is 0 Å². The van der Waals surface area contributed by atoms with Crippen molar-refractivity contribution in [3.05, 3.63) is 29.3 Å². The van der Waals surface area contributed by atoms with Gasteiger partial charge >= 0.3 is 6.09 Å². The van der Waals surface area contributed by atoms with Gasteiger partial charge in [-0.2, -0.15) is 0 Å². The molecule has 2 fully saturated rings. The van der Waals surface area contributed by atoms with Crippen LogP contribution >= 0.6 is 0 Å². The van der Waals surface area contributed by atoms with E-state index in [9.17, 15) is 24.0 Å². The molecule has 0 saturated carbocycles. The van der Waals surface area contributed by atoms with E-state index in [1.165, 1.54) is 4.90 Å². The summed E-state index contributed by atoms with van der Waals surface area (Å²) >= 11 is 0. The molecule has 2 N–H and O–H groups in total. The van der Waals surface area contributed by atoms with Crippen molar-refractivity contribution in [3.8, 4) is 0 Å². The van der Waals surface area contributed by atoms with Crippen LogP contribution in [0.25, 0.3) is 0 Å². The smallest absolute Gasteiger partial charge is 0.410 e. The molecule has 2 atom stereocenters. The van der Waals surface area contributed by atoms with E-state index in [0.29, 0.717) is 31.9 Å². The highest BCUT2D eigenvalue weighted by atomic mass is 16.6. The van der Waals surface area contributed by atoms with Gasteiger partial charge in [0.1, 0.15) is 11.6 Å².